The highest BCUT2D eigenvalue weighted by molar-refractivity contribution is 5.90. The van der Waals surface area contributed by atoms with Gasteiger partial charge < -0.3 is 15.4 Å². The third kappa shape index (κ3) is 2.47. The molecule has 1 heterocycles. The first-order valence-electron chi connectivity index (χ1n) is 5.05. The van der Waals surface area contributed by atoms with Gasteiger partial charge in [-0.25, -0.2) is 4.79 Å². The lowest BCUT2D eigenvalue weighted by Crippen LogP contribution is -2.54. The van der Waals surface area contributed by atoms with Crippen molar-refractivity contribution in [1.29, 1.82) is 0 Å². The number of carbonyl (C=O) groups is 2. The fraction of sp³-hybridized carbons (Fsp3) is 0.800. The minimum absolute atomic E-state index is 0.199. The molecule has 0 aromatic rings. The first kappa shape index (κ1) is 12.0. The largest absolute Gasteiger partial charge is 0.467 e. The van der Waals surface area contributed by atoms with E-state index in [1.165, 1.54) is 12.0 Å². The van der Waals surface area contributed by atoms with Crippen LogP contribution in [-0.2, 0) is 14.3 Å². The van der Waals surface area contributed by atoms with Crippen molar-refractivity contribution in [3.05, 3.63) is 0 Å². The standard InChI is InChI=1S/C10H18N2O3/c1-10(2,11)9(14)12-6-4-5-7(12)8(13)15-3/h7H,4-6,11H2,1-3H3. The van der Waals surface area contributed by atoms with Crippen LogP contribution in [0.25, 0.3) is 0 Å². The predicted molar refractivity (Wildman–Crippen MR) is 55.0 cm³/mol. The number of ether oxygens (including phenoxy) is 1. The molecule has 1 saturated heterocycles. The van der Waals surface area contributed by atoms with Crippen LogP contribution in [0.15, 0.2) is 0 Å². The maximum absolute atomic E-state index is 11.9. The number of nitrogens with two attached hydrogens (primary N) is 1. The van der Waals surface area contributed by atoms with E-state index in [2.05, 4.69) is 4.74 Å². The normalized spacial score (nSPS) is 21.6. The molecule has 0 aliphatic carbocycles. The summed E-state index contributed by atoms with van der Waals surface area (Å²) in [4.78, 5) is 24.8. The monoisotopic (exact) mass is 214 g/mol. The van der Waals surface area contributed by atoms with E-state index in [1.54, 1.807) is 13.8 Å². The lowest BCUT2D eigenvalue weighted by atomic mass is 10.0. The van der Waals surface area contributed by atoms with E-state index >= 15 is 0 Å². The van der Waals surface area contributed by atoms with Crippen molar-refractivity contribution in [3.8, 4) is 0 Å². The first-order chi connectivity index (χ1) is 6.88. The summed E-state index contributed by atoms with van der Waals surface area (Å²) < 4.78 is 4.65. The van der Waals surface area contributed by atoms with E-state index in [1.807, 2.05) is 0 Å². The van der Waals surface area contributed by atoms with Gasteiger partial charge in [0.15, 0.2) is 0 Å². The Morgan fingerprint density at radius 1 is 1.47 bits per heavy atom. The molecule has 86 valence electrons. The van der Waals surface area contributed by atoms with Gasteiger partial charge in [0, 0.05) is 6.54 Å². The van der Waals surface area contributed by atoms with Gasteiger partial charge in [-0.2, -0.15) is 0 Å². The summed E-state index contributed by atoms with van der Waals surface area (Å²) in [6.45, 7) is 3.86. The molecule has 1 aliphatic heterocycles. The summed E-state index contributed by atoms with van der Waals surface area (Å²) in [6.07, 6.45) is 1.48. The van der Waals surface area contributed by atoms with Gasteiger partial charge in [0.1, 0.15) is 6.04 Å². The van der Waals surface area contributed by atoms with E-state index in [-0.39, 0.29) is 11.9 Å². The molecule has 0 bridgehead atoms. The summed E-state index contributed by atoms with van der Waals surface area (Å²) in [6, 6.07) is -0.453. The highest BCUT2D eigenvalue weighted by Gasteiger charge is 2.39. The zero-order valence-corrected chi connectivity index (χ0v) is 9.45. The second-order valence-corrected chi connectivity index (χ2v) is 4.40. The molecule has 15 heavy (non-hydrogen) atoms. The lowest BCUT2D eigenvalue weighted by Gasteiger charge is -2.29. The Kier molecular flexibility index (Phi) is 3.34. The van der Waals surface area contributed by atoms with Crippen molar-refractivity contribution in [2.24, 2.45) is 5.73 Å². The third-order valence-electron chi connectivity index (χ3n) is 2.54. The molecule has 5 nitrogen and oxygen atoms in total. The molecule has 5 heteroatoms. The molecule has 0 aromatic heterocycles. The summed E-state index contributed by atoms with van der Waals surface area (Å²) in [7, 11) is 1.33. The zero-order valence-electron chi connectivity index (χ0n) is 9.45. The number of nitrogens with zero attached hydrogens (tertiary/aromatic N) is 1. The molecule has 0 saturated carbocycles. The molecular formula is C10H18N2O3. The molecule has 1 fully saturated rings. The summed E-state index contributed by atoms with van der Waals surface area (Å²) in [5.74, 6) is -0.555. The number of carbonyl (C=O) groups excluding carboxylic acids is 2. The Bertz CT molecular complexity index is 270. The second-order valence-electron chi connectivity index (χ2n) is 4.40. The summed E-state index contributed by atoms with van der Waals surface area (Å²) >= 11 is 0. The molecule has 1 amide bonds. The molecule has 0 aromatic carbocycles. The van der Waals surface area contributed by atoms with Gasteiger partial charge >= 0.3 is 5.97 Å². The van der Waals surface area contributed by atoms with Gasteiger partial charge in [-0.15, -0.1) is 0 Å². The predicted octanol–water partition coefficient (Wildman–Crippen LogP) is -0.112. The smallest absolute Gasteiger partial charge is 0.328 e. The van der Waals surface area contributed by atoms with Crippen molar-refractivity contribution in [1.82, 2.24) is 4.90 Å². The average Bonchev–Trinajstić information content (AvgIpc) is 2.62. The van der Waals surface area contributed by atoms with Gasteiger partial charge in [-0.3, -0.25) is 4.79 Å². The molecule has 2 N–H and O–H groups in total. The number of likely N-dealkylation sites (tertiary alicyclic amines) is 1. The van der Waals surface area contributed by atoms with E-state index in [0.29, 0.717) is 13.0 Å². The van der Waals surface area contributed by atoms with Gasteiger partial charge in [0.05, 0.1) is 12.6 Å². The van der Waals surface area contributed by atoms with Crippen LogP contribution < -0.4 is 5.73 Å². The molecule has 0 spiro atoms. The molecular weight excluding hydrogens is 196 g/mol. The number of hydrogen-bond donors (Lipinski definition) is 1. The van der Waals surface area contributed by atoms with Crippen LogP contribution >= 0.6 is 0 Å². The third-order valence-corrected chi connectivity index (χ3v) is 2.54. The SMILES string of the molecule is COC(=O)C1CCCN1C(=O)C(C)(C)N. The number of esters is 1. The number of hydrogen-bond acceptors (Lipinski definition) is 4. The van der Waals surface area contributed by atoms with Crippen molar-refractivity contribution < 1.29 is 14.3 Å². The highest BCUT2D eigenvalue weighted by Crippen LogP contribution is 2.21. The topological polar surface area (TPSA) is 72.6 Å². The fourth-order valence-electron chi connectivity index (χ4n) is 1.76. The number of methoxy groups -OCH3 is 1. The molecule has 1 aliphatic rings. The van der Waals surface area contributed by atoms with Crippen LogP contribution in [0, 0.1) is 0 Å². The van der Waals surface area contributed by atoms with Crippen molar-refractivity contribution in [2.45, 2.75) is 38.3 Å². The summed E-state index contributed by atoms with van der Waals surface area (Å²) in [5.41, 5.74) is 4.79. The first-order valence-corrected chi connectivity index (χ1v) is 5.05. The highest BCUT2D eigenvalue weighted by atomic mass is 16.5. The Labute approximate surface area is 89.6 Å². The van der Waals surface area contributed by atoms with Crippen LogP contribution in [0.2, 0.25) is 0 Å². The molecule has 0 radical (unpaired) electrons. The zero-order chi connectivity index (χ0) is 11.6. The van der Waals surface area contributed by atoms with Crippen molar-refractivity contribution >= 4 is 11.9 Å². The van der Waals surface area contributed by atoms with Crippen molar-refractivity contribution in [3.63, 3.8) is 0 Å². The quantitative estimate of drug-likeness (QED) is 0.651. The second kappa shape index (κ2) is 4.18. The average molecular weight is 214 g/mol. The van der Waals surface area contributed by atoms with E-state index < -0.39 is 11.6 Å². The van der Waals surface area contributed by atoms with Gasteiger partial charge in [0.2, 0.25) is 5.91 Å². The van der Waals surface area contributed by atoms with Crippen LogP contribution in [0.3, 0.4) is 0 Å². The van der Waals surface area contributed by atoms with E-state index in [0.717, 1.165) is 6.42 Å². The number of amides is 1. The van der Waals surface area contributed by atoms with Crippen LogP contribution in [0.1, 0.15) is 26.7 Å². The van der Waals surface area contributed by atoms with Crippen LogP contribution in [0.4, 0.5) is 0 Å². The van der Waals surface area contributed by atoms with Gasteiger partial charge in [-0.1, -0.05) is 0 Å². The Morgan fingerprint density at radius 2 is 2.07 bits per heavy atom. The number of rotatable bonds is 2. The maximum atomic E-state index is 11.9. The Hall–Kier alpha value is -1.10. The van der Waals surface area contributed by atoms with Crippen LogP contribution in [0.5, 0.6) is 0 Å². The molecule has 1 unspecified atom stereocenters. The Balaban J connectivity index is 2.77. The minimum atomic E-state index is -0.934. The minimum Gasteiger partial charge on any atom is -0.467 e. The van der Waals surface area contributed by atoms with Crippen LogP contribution in [-0.4, -0.2) is 42.0 Å². The Morgan fingerprint density at radius 3 is 2.53 bits per heavy atom. The lowest BCUT2D eigenvalue weighted by molar-refractivity contribution is -0.152. The maximum Gasteiger partial charge on any atom is 0.328 e. The fourth-order valence-corrected chi connectivity index (χ4v) is 1.76. The van der Waals surface area contributed by atoms with Crippen molar-refractivity contribution in [2.75, 3.05) is 13.7 Å². The molecule has 1 rings (SSSR count). The van der Waals surface area contributed by atoms with E-state index in [4.69, 9.17) is 5.73 Å². The van der Waals surface area contributed by atoms with Gasteiger partial charge in [-0.05, 0) is 26.7 Å². The van der Waals surface area contributed by atoms with Gasteiger partial charge in [0.25, 0.3) is 0 Å². The van der Waals surface area contributed by atoms with E-state index in [9.17, 15) is 9.59 Å². The summed E-state index contributed by atoms with van der Waals surface area (Å²) in [5, 5.41) is 0. The molecule has 1 atom stereocenters.